The van der Waals surface area contributed by atoms with Gasteiger partial charge >= 0.3 is 11.9 Å². The van der Waals surface area contributed by atoms with Gasteiger partial charge in [0.1, 0.15) is 0 Å². The number of aliphatic hydroxyl groups is 1. The quantitative estimate of drug-likeness (QED) is 0.270. The van der Waals surface area contributed by atoms with Crippen molar-refractivity contribution in [1.82, 2.24) is 0 Å². The number of aliphatic hydroxyl groups excluding tert-OH is 1. The molecule has 0 spiro atoms. The summed E-state index contributed by atoms with van der Waals surface area (Å²) in [6.07, 6.45) is 11.0. The number of carbonyl (C=O) groups excluding carboxylic acids is 1. The highest BCUT2D eigenvalue weighted by Crippen LogP contribution is 2.77. The Labute approximate surface area is 236 Å². The molecule has 0 aliphatic heterocycles. The number of esters is 1. The first-order chi connectivity index (χ1) is 18.1. The van der Waals surface area contributed by atoms with Crippen LogP contribution < -0.4 is 0 Å². The van der Waals surface area contributed by atoms with Crippen LogP contribution in [-0.4, -0.2) is 34.9 Å². The second-order valence-corrected chi connectivity index (χ2v) is 16.0. The molecule has 5 saturated carbocycles. The Bertz CT molecular complexity index is 1020. The summed E-state index contributed by atoms with van der Waals surface area (Å²) in [4.78, 5) is 23.5. The van der Waals surface area contributed by atoms with Crippen molar-refractivity contribution in [2.24, 2.45) is 56.7 Å². The van der Waals surface area contributed by atoms with Crippen molar-refractivity contribution < 1.29 is 24.5 Å². The van der Waals surface area contributed by atoms with Crippen LogP contribution in [0.1, 0.15) is 119 Å². The Morgan fingerprint density at radius 1 is 0.846 bits per heavy atom. The zero-order valence-corrected chi connectivity index (χ0v) is 25.5. The summed E-state index contributed by atoms with van der Waals surface area (Å²) in [5.41, 5.74) is 1.97. The van der Waals surface area contributed by atoms with Gasteiger partial charge < -0.3 is 14.9 Å². The highest BCUT2D eigenvalue weighted by atomic mass is 16.5. The average Bonchev–Trinajstić information content (AvgIpc) is 3.25. The molecular formula is C34H54O5. The van der Waals surface area contributed by atoms with Gasteiger partial charge in [-0.05, 0) is 122 Å². The zero-order valence-electron chi connectivity index (χ0n) is 25.5. The van der Waals surface area contributed by atoms with E-state index in [1.54, 1.807) is 0 Å². The number of ether oxygens (including phenoxy) is 1. The first-order valence-corrected chi connectivity index (χ1v) is 15.8. The van der Waals surface area contributed by atoms with E-state index in [0.717, 1.165) is 32.1 Å². The van der Waals surface area contributed by atoms with Gasteiger partial charge in [0.15, 0.2) is 0 Å². The van der Waals surface area contributed by atoms with Crippen LogP contribution in [0, 0.1) is 56.7 Å². The number of aliphatic carboxylic acids is 1. The molecule has 0 aromatic carbocycles. The number of hydrogen-bond donors (Lipinski definition) is 2. The Balaban J connectivity index is 1.45. The van der Waals surface area contributed by atoms with Crippen molar-refractivity contribution in [3.8, 4) is 0 Å². The highest BCUT2D eigenvalue weighted by molar-refractivity contribution is 5.76. The maximum Gasteiger partial charge on any atom is 0.306 e. The molecule has 5 aliphatic carbocycles. The van der Waals surface area contributed by atoms with Crippen molar-refractivity contribution in [1.29, 1.82) is 0 Å². The molecule has 220 valence electrons. The number of allylic oxidation sites excluding steroid dienone is 1. The summed E-state index contributed by atoms with van der Waals surface area (Å²) in [5.74, 6) is 1.41. The molecule has 0 radical (unpaired) electrons. The Morgan fingerprint density at radius 3 is 2.23 bits per heavy atom. The summed E-state index contributed by atoms with van der Waals surface area (Å²) in [6, 6.07) is 0. The molecule has 2 N–H and O–H groups in total. The predicted octanol–water partition coefficient (Wildman–Crippen LogP) is 7.41. The Morgan fingerprint density at radius 2 is 1.56 bits per heavy atom. The molecule has 5 aliphatic rings. The van der Waals surface area contributed by atoms with Crippen LogP contribution >= 0.6 is 0 Å². The number of carboxylic acids is 1. The SMILES string of the molecule is C=C(C)[C@@H]1CC[C@]2(COC(=O)CCC(=O)O)CC[C@]3(C)C(CCC4[C@@]5(C)CC[C@H](O)C(C)(C)C5CC[C@]43C)C12. The second kappa shape index (κ2) is 9.60. The van der Waals surface area contributed by atoms with Crippen LogP contribution in [0.3, 0.4) is 0 Å². The Hall–Kier alpha value is -1.36. The summed E-state index contributed by atoms with van der Waals surface area (Å²) in [7, 11) is 0. The lowest BCUT2D eigenvalue weighted by Gasteiger charge is -2.73. The summed E-state index contributed by atoms with van der Waals surface area (Å²) < 4.78 is 5.87. The third-order valence-corrected chi connectivity index (χ3v) is 14.3. The van der Waals surface area contributed by atoms with E-state index in [0.29, 0.717) is 36.2 Å². The lowest BCUT2D eigenvalue weighted by Crippen LogP contribution is -2.66. The van der Waals surface area contributed by atoms with E-state index in [1.807, 2.05) is 0 Å². The topological polar surface area (TPSA) is 83.8 Å². The van der Waals surface area contributed by atoms with Gasteiger partial charge in [-0.1, -0.05) is 46.8 Å². The second-order valence-electron chi connectivity index (χ2n) is 16.0. The third kappa shape index (κ3) is 4.17. The van der Waals surface area contributed by atoms with Gasteiger partial charge in [0, 0.05) is 5.41 Å². The average molecular weight is 543 g/mol. The van der Waals surface area contributed by atoms with Gasteiger partial charge in [0.05, 0.1) is 25.6 Å². The fraction of sp³-hybridized carbons (Fsp3) is 0.882. The molecule has 10 atom stereocenters. The smallest absolute Gasteiger partial charge is 0.306 e. The van der Waals surface area contributed by atoms with Crippen LogP contribution in [0.15, 0.2) is 12.2 Å². The molecule has 4 unspecified atom stereocenters. The monoisotopic (exact) mass is 542 g/mol. The molecule has 5 nitrogen and oxygen atoms in total. The minimum Gasteiger partial charge on any atom is -0.481 e. The van der Waals surface area contributed by atoms with Crippen molar-refractivity contribution in [2.45, 2.75) is 125 Å². The minimum atomic E-state index is -0.955. The van der Waals surface area contributed by atoms with Crippen molar-refractivity contribution in [3.63, 3.8) is 0 Å². The Kier molecular flexibility index (Phi) is 7.17. The molecule has 5 heteroatoms. The third-order valence-electron chi connectivity index (χ3n) is 14.3. The molecular weight excluding hydrogens is 488 g/mol. The minimum absolute atomic E-state index is 0.0199. The number of carboxylic acid groups (broad SMARTS) is 1. The summed E-state index contributed by atoms with van der Waals surface area (Å²) in [6.45, 7) is 19.5. The highest BCUT2D eigenvalue weighted by Gasteiger charge is 2.71. The first-order valence-electron chi connectivity index (χ1n) is 15.8. The molecule has 5 fully saturated rings. The number of hydrogen-bond acceptors (Lipinski definition) is 4. The standard InChI is InChI=1S/C34H54O5/c1-21(2)22-12-17-34(20-39-28(38)11-10-27(36)37)19-18-32(6)23(29(22)34)8-9-25-31(5)15-14-26(35)30(3,4)24(31)13-16-33(25,32)7/h22-26,29,35H,1,8-20H2,2-7H3,(H,36,37)/t22-,23?,24?,25?,26-,29?,31-,32+,33+,34+/m0/s1. The van der Waals surface area contributed by atoms with Gasteiger partial charge in [0.25, 0.3) is 0 Å². The molecule has 0 aromatic rings. The van der Waals surface area contributed by atoms with Gasteiger partial charge in [0.2, 0.25) is 0 Å². The first kappa shape index (κ1) is 29.1. The molecule has 39 heavy (non-hydrogen) atoms. The van der Waals surface area contributed by atoms with Crippen molar-refractivity contribution in [3.05, 3.63) is 12.2 Å². The van der Waals surface area contributed by atoms with Crippen LogP contribution in [0.2, 0.25) is 0 Å². The van der Waals surface area contributed by atoms with Crippen LogP contribution in [0.5, 0.6) is 0 Å². The number of carbonyl (C=O) groups is 2. The van der Waals surface area contributed by atoms with E-state index < -0.39 is 5.97 Å². The van der Waals surface area contributed by atoms with E-state index in [1.165, 1.54) is 37.7 Å². The van der Waals surface area contributed by atoms with Gasteiger partial charge in [-0.3, -0.25) is 9.59 Å². The van der Waals surface area contributed by atoms with E-state index in [4.69, 9.17) is 9.84 Å². The predicted molar refractivity (Wildman–Crippen MR) is 153 cm³/mol. The number of rotatable bonds is 6. The van der Waals surface area contributed by atoms with Gasteiger partial charge in [-0.2, -0.15) is 0 Å². The maximum atomic E-state index is 12.5. The molecule has 0 bridgehead atoms. The van der Waals surface area contributed by atoms with Crippen molar-refractivity contribution in [2.75, 3.05) is 6.61 Å². The normalized spacial score (nSPS) is 48.2. The largest absolute Gasteiger partial charge is 0.481 e. The van der Waals surface area contributed by atoms with Gasteiger partial charge in [-0.25, -0.2) is 0 Å². The summed E-state index contributed by atoms with van der Waals surface area (Å²) >= 11 is 0. The van der Waals surface area contributed by atoms with E-state index in [9.17, 15) is 14.7 Å². The summed E-state index contributed by atoms with van der Waals surface area (Å²) in [5, 5.41) is 20.0. The molecule has 0 heterocycles. The lowest BCUT2D eigenvalue weighted by molar-refractivity contribution is -0.250. The number of fused-ring (bicyclic) bond motifs is 7. The zero-order chi connectivity index (χ0) is 28.6. The van der Waals surface area contributed by atoms with Crippen LogP contribution in [0.4, 0.5) is 0 Å². The van der Waals surface area contributed by atoms with E-state index >= 15 is 0 Å². The van der Waals surface area contributed by atoms with Gasteiger partial charge in [-0.15, -0.1) is 0 Å². The van der Waals surface area contributed by atoms with E-state index in [-0.39, 0.29) is 52.0 Å². The molecule has 0 aromatic heterocycles. The maximum absolute atomic E-state index is 12.5. The molecule has 0 amide bonds. The van der Waals surface area contributed by atoms with E-state index in [2.05, 4.69) is 48.1 Å². The molecule has 5 rings (SSSR count). The lowest BCUT2D eigenvalue weighted by atomic mass is 9.32. The van der Waals surface area contributed by atoms with Crippen LogP contribution in [-0.2, 0) is 14.3 Å². The molecule has 0 saturated heterocycles. The fourth-order valence-electron chi connectivity index (χ4n) is 12.0. The van der Waals surface area contributed by atoms with Crippen molar-refractivity contribution >= 4 is 11.9 Å². The fourth-order valence-corrected chi connectivity index (χ4v) is 12.0. The van der Waals surface area contributed by atoms with Crippen LogP contribution in [0.25, 0.3) is 0 Å².